The first-order chi connectivity index (χ1) is 9.89. The molecule has 0 saturated carbocycles. The molecule has 0 aliphatic carbocycles. The van der Waals surface area contributed by atoms with Gasteiger partial charge in [-0.15, -0.1) is 0 Å². The molecule has 2 aromatic heterocycles. The van der Waals surface area contributed by atoms with Gasteiger partial charge in [-0.2, -0.15) is 0 Å². The number of benzene rings is 1. The molecule has 2 heterocycles. The van der Waals surface area contributed by atoms with Crippen LogP contribution in [-0.2, 0) is 10.0 Å². The van der Waals surface area contributed by atoms with Crippen molar-refractivity contribution in [1.29, 1.82) is 0 Å². The SMILES string of the molecule is Cc1ccc(S(=O)(=O)n2cc(Cl)c3cc(Br)cnc32)cc1. The lowest BCUT2D eigenvalue weighted by molar-refractivity contribution is 0.588. The van der Waals surface area contributed by atoms with Crippen molar-refractivity contribution in [3.63, 3.8) is 0 Å². The molecule has 0 aliphatic rings. The zero-order valence-corrected chi connectivity index (χ0v) is 14.1. The summed E-state index contributed by atoms with van der Waals surface area (Å²) in [5.41, 5.74) is 1.30. The summed E-state index contributed by atoms with van der Waals surface area (Å²) in [5.74, 6) is 0. The van der Waals surface area contributed by atoms with E-state index in [4.69, 9.17) is 11.6 Å². The molecular formula is C14H10BrClN2O2S. The van der Waals surface area contributed by atoms with E-state index in [1.807, 2.05) is 6.92 Å². The average molecular weight is 386 g/mol. The highest BCUT2D eigenvalue weighted by Crippen LogP contribution is 2.29. The van der Waals surface area contributed by atoms with Gasteiger partial charge in [0, 0.05) is 22.3 Å². The monoisotopic (exact) mass is 384 g/mol. The number of halogens is 2. The molecule has 21 heavy (non-hydrogen) atoms. The van der Waals surface area contributed by atoms with E-state index >= 15 is 0 Å². The number of nitrogens with zero attached hydrogens (tertiary/aromatic N) is 2. The fourth-order valence-corrected chi connectivity index (χ4v) is 3.97. The second-order valence-electron chi connectivity index (χ2n) is 4.62. The third-order valence-corrected chi connectivity index (χ3v) is 5.51. The summed E-state index contributed by atoms with van der Waals surface area (Å²) in [7, 11) is -3.72. The number of pyridine rings is 1. The Balaban J connectivity index is 2.26. The molecule has 108 valence electrons. The van der Waals surface area contributed by atoms with E-state index in [2.05, 4.69) is 20.9 Å². The molecule has 3 aromatic rings. The molecule has 0 aliphatic heterocycles. The molecule has 0 atom stereocenters. The highest BCUT2D eigenvalue weighted by atomic mass is 79.9. The number of rotatable bonds is 2. The molecule has 1 aromatic carbocycles. The average Bonchev–Trinajstić information content (AvgIpc) is 2.77. The molecule has 0 saturated heterocycles. The van der Waals surface area contributed by atoms with Gasteiger partial charge in [0.1, 0.15) is 0 Å². The second kappa shape index (κ2) is 5.12. The predicted octanol–water partition coefficient (Wildman–Crippen LogP) is 4.00. The van der Waals surface area contributed by atoms with Gasteiger partial charge in [-0.1, -0.05) is 29.3 Å². The van der Waals surface area contributed by atoms with Gasteiger partial charge in [0.2, 0.25) is 0 Å². The summed E-state index contributed by atoms with van der Waals surface area (Å²) in [6, 6.07) is 8.40. The maximum atomic E-state index is 12.7. The van der Waals surface area contributed by atoms with E-state index in [0.717, 1.165) is 14.0 Å². The summed E-state index contributed by atoms with van der Waals surface area (Å²) in [6.45, 7) is 1.90. The minimum atomic E-state index is -3.72. The Morgan fingerprint density at radius 1 is 1.24 bits per heavy atom. The van der Waals surface area contributed by atoms with Crippen LogP contribution in [-0.4, -0.2) is 17.4 Å². The van der Waals surface area contributed by atoms with Crippen LogP contribution in [0, 0.1) is 6.92 Å². The van der Waals surface area contributed by atoms with Crippen LogP contribution in [0.3, 0.4) is 0 Å². The van der Waals surface area contributed by atoms with E-state index in [1.165, 1.54) is 6.20 Å². The molecule has 4 nitrogen and oxygen atoms in total. The van der Waals surface area contributed by atoms with Crippen LogP contribution < -0.4 is 0 Å². The summed E-state index contributed by atoms with van der Waals surface area (Å²) in [6.07, 6.45) is 2.92. The second-order valence-corrected chi connectivity index (χ2v) is 7.75. The molecule has 7 heteroatoms. The van der Waals surface area contributed by atoms with Crippen molar-refractivity contribution in [1.82, 2.24) is 8.96 Å². The van der Waals surface area contributed by atoms with E-state index in [0.29, 0.717) is 16.1 Å². The number of fused-ring (bicyclic) bond motifs is 1. The third kappa shape index (κ3) is 2.47. The maximum Gasteiger partial charge on any atom is 0.269 e. The van der Waals surface area contributed by atoms with Crippen LogP contribution in [0.15, 0.2) is 52.1 Å². The van der Waals surface area contributed by atoms with Crippen LogP contribution in [0.5, 0.6) is 0 Å². The molecule has 3 rings (SSSR count). The first-order valence-corrected chi connectivity index (χ1v) is 8.65. The normalized spacial score (nSPS) is 12.0. The summed E-state index contributed by atoms with van der Waals surface area (Å²) in [4.78, 5) is 4.36. The number of hydrogen-bond donors (Lipinski definition) is 0. The molecule has 0 N–H and O–H groups in total. The molecular weight excluding hydrogens is 376 g/mol. The zero-order chi connectivity index (χ0) is 15.2. The van der Waals surface area contributed by atoms with Crippen molar-refractivity contribution in [2.45, 2.75) is 11.8 Å². The topological polar surface area (TPSA) is 52.0 Å². The van der Waals surface area contributed by atoms with Crippen molar-refractivity contribution in [2.75, 3.05) is 0 Å². The Bertz CT molecular complexity index is 934. The largest absolute Gasteiger partial charge is 0.269 e. The standard InChI is InChI=1S/C14H10BrClN2O2S/c1-9-2-4-11(5-3-9)21(19,20)18-8-13(16)12-6-10(15)7-17-14(12)18/h2-8H,1H3. The fourth-order valence-electron chi connectivity index (χ4n) is 2.02. The van der Waals surface area contributed by atoms with Crippen LogP contribution in [0.4, 0.5) is 0 Å². The van der Waals surface area contributed by atoms with Crippen molar-refractivity contribution in [3.8, 4) is 0 Å². The molecule has 0 bridgehead atoms. The van der Waals surface area contributed by atoms with Crippen molar-refractivity contribution in [3.05, 3.63) is 57.8 Å². The van der Waals surface area contributed by atoms with Gasteiger partial charge in [-0.25, -0.2) is 17.4 Å². The van der Waals surface area contributed by atoms with Crippen molar-refractivity contribution in [2.24, 2.45) is 0 Å². The smallest absolute Gasteiger partial charge is 0.236 e. The Labute approximate surface area is 135 Å². The minimum Gasteiger partial charge on any atom is -0.236 e. The van der Waals surface area contributed by atoms with Gasteiger partial charge in [0.05, 0.1) is 9.92 Å². The quantitative estimate of drug-likeness (QED) is 0.670. The fraction of sp³-hybridized carbons (Fsp3) is 0.0714. The van der Waals surface area contributed by atoms with Crippen molar-refractivity contribution >= 4 is 48.6 Å². The van der Waals surface area contributed by atoms with Gasteiger partial charge < -0.3 is 0 Å². The molecule has 0 amide bonds. The Hall–Kier alpha value is -1.37. The third-order valence-electron chi connectivity index (χ3n) is 3.11. The molecule has 0 spiro atoms. The number of aromatic nitrogens is 2. The van der Waals surface area contributed by atoms with Crippen LogP contribution >= 0.6 is 27.5 Å². The molecule has 0 radical (unpaired) electrons. The highest BCUT2D eigenvalue weighted by Gasteiger charge is 2.21. The van der Waals surface area contributed by atoms with E-state index in [9.17, 15) is 8.42 Å². The number of aryl methyl sites for hydroxylation is 1. The van der Waals surface area contributed by atoms with Gasteiger partial charge >= 0.3 is 0 Å². The maximum absolute atomic E-state index is 12.7. The lowest BCUT2D eigenvalue weighted by atomic mass is 10.2. The van der Waals surface area contributed by atoms with Gasteiger partial charge in [-0.3, -0.25) is 0 Å². The van der Waals surface area contributed by atoms with E-state index in [-0.39, 0.29) is 4.90 Å². The van der Waals surface area contributed by atoms with Gasteiger partial charge in [0.25, 0.3) is 10.0 Å². The number of hydrogen-bond acceptors (Lipinski definition) is 3. The predicted molar refractivity (Wildman–Crippen MR) is 86.2 cm³/mol. The van der Waals surface area contributed by atoms with E-state index in [1.54, 1.807) is 36.5 Å². The Kier molecular flexibility index (Phi) is 3.55. The highest BCUT2D eigenvalue weighted by molar-refractivity contribution is 9.10. The van der Waals surface area contributed by atoms with Gasteiger partial charge in [-0.05, 0) is 41.1 Å². The summed E-state index contributed by atoms with van der Waals surface area (Å²) in [5, 5.41) is 0.927. The summed E-state index contributed by atoms with van der Waals surface area (Å²) >= 11 is 9.42. The minimum absolute atomic E-state index is 0.200. The first kappa shape index (κ1) is 14.6. The molecule has 0 unspecified atom stereocenters. The first-order valence-electron chi connectivity index (χ1n) is 6.04. The Morgan fingerprint density at radius 2 is 1.90 bits per heavy atom. The lowest BCUT2D eigenvalue weighted by Gasteiger charge is -2.07. The van der Waals surface area contributed by atoms with Crippen LogP contribution in [0.25, 0.3) is 11.0 Å². The zero-order valence-electron chi connectivity index (χ0n) is 10.9. The van der Waals surface area contributed by atoms with Crippen LogP contribution in [0.1, 0.15) is 5.56 Å². The van der Waals surface area contributed by atoms with E-state index < -0.39 is 10.0 Å². The van der Waals surface area contributed by atoms with Crippen LogP contribution in [0.2, 0.25) is 5.02 Å². The summed E-state index contributed by atoms with van der Waals surface area (Å²) < 4.78 is 27.3. The Morgan fingerprint density at radius 3 is 2.57 bits per heavy atom. The lowest BCUT2D eigenvalue weighted by Crippen LogP contribution is -2.12. The van der Waals surface area contributed by atoms with Gasteiger partial charge in [0.15, 0.2) is 5.65 Å². The molecule has 0 fully saturated rings. The van der Waals surface area contributed by atoms with Crippen molar-refractivity contribution < 1.29 is 8.42 Å².